The molecule has 122 valence electrons. The molecule has 0 saturated heterocycles. The summed E-state index contributed by atoms with van der Waals surface area (Å²) >= 11 is 0. The molecule has 0 atom stereocenters. The van der Waals surface area contributed by atoms with Crippen molar-refractivity contribution in [3.63, 3.8) is 0 Å². The third-order valence-corrected chi connectivity index (χ3v) is 4.96. The lowest BCUT2D eigenvalue weighted by Crippen LogP contribution is -2.50. The van der Waals surface area contributed by atoms with E-state index in [1.807, 2.05) is 42.5 Å². The summed E-state index contributed by atoms with van der Waals surface area (Å²) in [6, 6.07) is 17.9. The number of carbonyl (C=O) groups is 1. The van der Waals surface area contributed by atoms with Crippen LogP contribution in [0.1, 0.15) is 35.3 Å². The van der Waals surface area contributed by atoms with Crippen LogP contribution in [-0.4, -0.2) is 18.0 Å². The maximum Gasteiger partial charge on any atom is 0.268 e. The minimum absolute atomic E-state index is 0.0614. The Bertz CT molecular complexity index is 879. The van der Waals surface area contributed by atoms with Crippen LogP contribution in [0.2, 0.25) is 0 Å². The quantitative estimate of drug-likeness (QED) is 0.764. The topological polar surface area (TPSA) is 54.1 Å². The van der Waals surface area contributed by atoms with Crippen LogP contribution in [-0.2, 0) is 5.54 Å². The third kappa shape index (κ3) is 2.44. The Kier molecular flexibility index (Phi) is 3.53. The van der Waals surface area contributed by atoms with E-state index in [9.17, 15) is 4.79 Å². The van der Waals surface area contributed by atoms with Gasteiger partial charge in [0.25, 0.3) is 5.91 Å². The lowest BCUT2D eigenvalue weighted by Gasteiger charge is -2.43. The molecule has 1 fully saturated rings. The summed E-state index contributed by atoms with van der Waals surface area (Å²) in [7, 11) is 1.64. The summed E-state index contributed by atoms with van der Waals surface area (Å²) in [5, 5.41) is 4.25. The molecule has 4 heteroatoms. The Labute approximate surface area is 140 Å². The van der Waals surface area contributed by atoms with Gasteiger partial charge in [0.2, 0.25) is 0 Å². The highest BCUT2D eigenvalue weighted by molar-refractivity contribution is 5.98. The van der Waals surface area contributed by atoms with Crippen LogP contribution in [0.5, 0.6) is 5.75 Å². The highest BCUT2D eigenvalue weighted by Crippen LogP contribution is 2.41. The number of rotatable bonds is 4. The van der Waals surface area contributed by atoms with Gasteiger partial charge in [-0.2, -0.15) is 0 Å². The molecular weight excluding hydrogens is 300 g/mol. The molecule has 4 rings (SSSR count). The zero-order chi connectivity index (χ0) is 16.6. The first-order valence-corrected chi connectivity index (χ1v) is 8.25. The number of aromatic amines is 1. The van der Waals surface area contributed by atoms with Gasteiger partial charge in [0.1, 0.15) is 11.4 Å². The fourth-order valence-electron chi connectivity index (χ4n) is 3.41. The van der Waals surface area contributed by atoms with Gasteiger partial charge in [-0.1, -0.05) is 30.3 Å². The Morgan fingerprint density at radius 1 is 1.12 bits per heavy atom. The molecule has 1 saturated carbocycles. The van der Waals surface area contributed by atoms with Gasteiger partial charge in [-0.15, -0.1) is 0 Å². The van der Waals surface area contributed by atoms with Crippen LogP contribution in [0, 0.1) is 0 Å². The number of methoxy groups -OCH3 is 1. The Morgan fingerprint density at radius 2 is 1.92 bits per heavy atom. The van der Waals surface area contributed by atoms with E-state index in [0.29, 0.717) is 5.69 Å². The van der Waals surface area contributed by atoms with E-state index in [2.05, 4.69) is 22.4 Å². The Balaban J connectivity index is 1.62. The molecule has 1 aliphatic rings. The number of nitrogens with one attached hydrogen (secondary N) is 2. The van der Waals surface area contributed by atoms with E-state index in [1.54, 1.807) is 7.11 Å². The van der Waals surface area contributed by atoms with Crippen LogP contribution in [0.4, 0.5) is 0 Å². The van der Waals surface area contributed by atoms with Crippen molar-refractivity contribution in [1.29, 1.82) is 0 Å². The highest BCUT2D eigenvalue weighted by Gasteiger charge is 2.40. The number of amides is 1. The summed E-state index contributed by atoms with van der Waals surface area (Å²) in [5.41, 5.74) is 2.44. The molecule has 3 aromatic rings. The molecule has 0 radical (unpaired) electrons. The Morgan fingerprint density at radius 3 is 2.58 bits per heavy atom. The summed E-state index contributed by atoms with van der Waals surface area (Å²) in [4.78, 5) is 16.0. The van der Waals surface area contributed by atoms with E-state index in [1.165, 1.54) is 5.56 Å². The first-order valence-electron chi connectivity index (χ1n) is 8.25. The predicted molar refractivity (Wildman–Crippen MR) is 94.3 cm³/mol. The molecule has 2 N–H and O–H groups in total. The van der Waals surface area contributed by atoms with Crippen LogP contribution in [0.25, 0.3) is 10.9 Å². The van der Waals surface area contributed by atoms with Crippen molar-refractivity contribution < 1.29 is 9.53 Å². The molecular formula is C20H20N2O2. The van der Waals surface area contributed by atoms with Crippen molar-refractivity contribution >= 4 is 16.8 Å². The van der Waals surface area contributed by atoms with Crippen LogP contribution < -0.4 is 10.1 Å². The van der Waals surface area contributed by atoms with Gasteiger partial charge in [0.15, 0.2) is 0 Å². The zero-order valence-electron chi connectivity index (χ0n) is 13.6. The van der Waals surface area contributed by atoms with E-state index >= 15 is 0 Å². The van der Waals surface area contributed by atoms with Crippen LogP contribution in [0.3, 0.4) is 0 Å². The molecule has 0 bridgehead atoms. The van der Waals surface area contributed by atoms with Gasteiger partial charge < -0.3 is 15.0 Å². The fourth-order valence-corrected chi connectivity index (χ4v) is 3.41. The second kappa shape index (κ2) is 5.71. The number of hydrogen-bond acceptors (Lipinski definition) is 2. The Hall–Kier alpha value is -2.75. The van der Waals surface area contributed by atoms with Crippen molar-refractivity contribution in [1.82, 2.24) is 10.3 Å². The molecule has 0 spiro atoms. The van der Waals surface area contributed by atoms with Gasteiger partial charge in [-0.25, -0.2) is 0 Å². The van der Waals surface area contributed by atoms with Gasteiger partial charge >= 0.3 is 0 Å². The lowest BCUT2D eigenvalue weighted by atomic mass is 9.71. The van der Waals surface area contributed by atoms with E-state index < -0.39 is 0 Å². The van der Waals surface area contributed by atoms with E-state index in [-0.39, 0.29) is 11.4 Å². The fraction of sp³-hybridized carbons (Fsp3) is 0.250. The molecule has 1 amide bonds. The van der Waals surface area contributed by atoms with Gasteiger partial charge in [0, 0.05) is 17.0 Å². The molecule has 4 nitrogen and oxygen atoms in total. The predicted octanol–water partition coefficient (Wildman–Crippen LogP) is 3.99. The molecule has 1 heterocycles. The molecule has 1 aliphatic carbocycles. The third-order valence-electron chi connectivity index (χ3n) is 4.96. The van der Waals surface area contributed by atoms with Gasteiger partial charge in [0.05, 0.1) is 12.6 Å². The summed E-state index contributed by atoms with van der Waals surface area (Å²) in [6.07, 6.45) is 3.10. The van der Waals surface area contributed by atoms with Crippen molar-refractivity contribution in [2.24, 2.45) is 0 Å². The zero-order valence-corrected chi connectivity index (χ0v) is 13.6. The average Bonchev–Trinajstić information content (AvgIpc) is 3.02. The van der Waals surface area contributed by atoms with E-state index in [4.69, 9.17) is 4.74 Å². The molecule has 2 aromatic carbocycles. The number of fused-ring (bicyclic) bond motifs is 1. The maximum atomic E-state index is 12.8. The second-order valence-electron chi connectivity index (χ2n) is 6.39. The molecule has 0 aliphatic heterocycles. The summed E-state index contributed by atoms with van der Waals surface area (Å²) in [5.74, 6) is 0.713. The van der Waals surface area contributed by atoms with Crippen LogP contribution >= 0.6 is 0 Å². The number of carbonyl (C=O) groups excluding carboxylic acids is 1. The van der Waals surface area contributed by atoms with Crippen molar-refractivity contribution in [3.05, 3.63) is 65.9 Å². The average molecular weight is 320 g/mol. The normalized spacial score (nSPS) is 15.7. The minimum atomic E-state index is -0.229. The van der Waals surface area contributed by atoms with Crippen molar-refractivity contribution in [2.45, 2.75) is 24.8 Å². The van der Waals surface area contributed by atoms with Gasteiger partial charge in [-0.3, -0.25) is 4.79 Å². The minimum Gasteiger partial charge on any atom is -0.497 e. The first kappa shape index (κ1) is 14.8. The second-order valence-corrected chi connectivity index (χ2v) is 6.39. The number of benzene rings is 2. The standard InChI is InChI=1S/C20H20N2O2/c1-24-16-9-8-14-12-18(21-17(14)13-16)19(23)22-20(10-5-11-20)15-6-3-2-4-7-15/h2-4,6-9,12-13,21H,5,10-11H2,1H3,(H,22,23). The highest BCUT2D eigenvalue weighted by atomic mass is 16.5. The molecule has 24 heavy (non-hydrogen) atoms. The lowest BCUT2D eigenvalue weighted by molar-refractivity contribution is 0.0819. The first-order chi connectivity index (χ1) is 11.7. The number of ether oxygens (including phenoxy) is 1. The van der Waals surface area contributed by atoms with Gasteiger partial charge in [-0.05, 0) is 43.0 Å². The summed E-state index contributed by atoms with van der Waals surface area (Å²) < 4.78 is 5.24. The monoisotopic (exact) mass is 320 g/mol. The van der Waals surface area contributed by atoms with E-state index in [0.717, 1.165) is 35.9 Å². The molecule has 1 aromatic heterocycles. The number of H-pyrrole nitrogens is 1. The SMILES string of the molecule is COc1ccc2cc(C(=O)NC3(c4ccccc4)CCC3)[nH]c2c1. The largest absolute Gasteiger partial charge is 0.497 e. The van der Waals surface area contributed by atoms with Crippen molar-refractivity contribution in [2.75, 3.05) is 7.11 Å². The smallest absolute Gasteiger partial charge is 0.268 e. The van der Waals surface area contributed by atoms with Crippen molar-refractivity contribution in [3.8, 4) is 5.75 Å². The van der Waals surface area contributed by atoms with Crippen LogP contribution in [0.15, 0.2) is 54.6 Å². The summed E-state index contributed by atoms with van der Waals surface area (Å²) in [6.45, 7) is 0. The number of hydrogen-bond donors (Lipinski definition) is 2. The molecule has 0 unspecified atom stereocenters. The maximum absolute atomic E-state index is 12.8. The number of aromatic nitrogens is 1.